The van der Waals surface area contributed by atoms with E-state index >= 15 is 0 Å². The van der Waals surface area contributed by atoms with Crippen LogP contribution in [0.4, 0.5) is 4.39 Å². The van der Waals surface area contributed by atoms with Crippen molar-refractivity contribution in [1.82, 2.24) is 5.32 Å². The predicted molar refractivity (Wildman–Crippen MR) is 72.8 cm³/mol. The standard InChI is InChI=1S/C14H13BrFNO/c15-12-6-5-10(7-13(12)16)8-17-9-11-3-1-2-4-14(11)18/h1-7,17-18H,8-9H2. The van der Waals surface area contributed by atoms with Gasteiger partial charge in [0.05, 0.1) is 4.47 Å². The van der Waals surface area contributed by atoms with Crippen LogP contribution < -0.4 is 5.32 Å². The van der Waals surface area contributed by atoms with Crippen molar-refractivity contribution in [3.8, 4) is 5.75 Å². The fourth-order valence-electron chi connectivity index (χ4n) is 1.65. The SMILES string of the molecule is Oc1ccccc1CNCc1ccc(Br)c(F)c1. The second-order valence-corrected chi connectivity index (χ2v) is 4.84. The molecule has 0 aliphatic heterocycles. The zero-order valence-corrected chi connectivity index (χ0v) is 11.2. The largest absolute Gasteiger partial charge is 0.508 e. The van der Waals surface area contributed by atoms with Gasteiger partial charge < -0.3 is 10.4 Å². The minimum absolute atomic E-state index is 0.267. The highest BCUT2D eigenvalue weighted by Gasteiger charge is 2.02. The molecule has 0 radical (unpaired) electrons. The van der Waals surface area contributed by atoms with E-state index < -0.39 is 0 Å². The maximum absolute atomic E-state index is 13.3. The summed E-state index contributed by atoms with van der Waals surface area (Å²) in [7, 11) is 0. The van der Waals surface area contributed by atoms with Gasteiger partial charge in [-0.15, -0.1) is 0 Å². The molecule has 94 valence electrons. The summed E-state index contributed by atoms with van der Waals surface area (Å²) in [5.74, 6) is 0.00356. The Bertz CT molecular complexity index is 545. The van der Waals surface area contributed by atoms with E-state index in [1.165, 1.54) is 6.07 Å². The van der Waals surface area contributed by atoms with Gasteiger partial charge in [0.15, 0.2) is 0 Å². The first-order valence-electron chi connectivity index (χ1n) is 5.58. The number of hydrogen-bond donors (Lipinski definition) is 2. The molecular formula is C14H13BrFNO. The van der Waals surface area contributed by atoms with Crippen molar-refractivity contribution >= 4 is 15.9 Å². The van der Waals surface area contributed by atoms with Crippen molar-refractivity contribution in [3.05, 3.63) is 63.9 Å². The fraction of sp³-hybridized carbons (Fsp3) is 0.143. The zero-order valence-electron chi connectivity index (χ0n) is 9.66. The highest BCUT2D eigenvalue weighted by atomic mass is 79.9. The third-order valence-corrected chi connectivity index (χ3v) is 3.26. The Balaban J connectivity index is 1.92. The lowest BCUT2D eigenvalue weighted by Crippen LogP contribution is -2.12. The quantitative estimate of drug-likeness (QED) is 0.904. The van der Waals surface area contributed by atoms with Crippen molar-refractivity contribution < 1.29 is 9.50 Å². The zero-order chi connectivity index (χ0) is 13.0. The number of halogens is 2. The topological polar surface area (TPSA) is 32.3 Å². The van der Waals surface area contributed by atoms with E-state index in [1.54, 1.807) is 18.2 Å². The molecule has 0 fully saturated rings. The smallest absolute Gasteiger partial charge is 0.137 e. The molecule has 0 aromatic heterocycles. The molecule has 0 heterocycles. The molecule has 0 saturated carbocycles. The second kappa shape index (κ2) is 5.98. The molecule has 2 aromatic carbocycles. The maximum atomic E-state index is 13.3. The number of phenolic OH excluding ortho intramolecular Hbond substituents is 1. The van der Waals surface area contributed by atoms with Gasteiger partial charge in [-0.25, -0.2) is 4.39 Å². The summed E-state index contributed by atoms with van der Waals surface area (Å²) in [6, 6.07) is 12.2. The van der Waals surface area contributed by atoms with Gasteiger partial charge in [-0.3, -0.25) is 0 Å². The summed E-state index contributed by atoms with van der Waals surface area (Å²) in [6.07, 6.45) is 0. The minimum atomic E-state index is -0.267. The van der Waals surface area contributed by atoms with E-state index in [0.29, 0.717) is 17.6 Å². The molecule has 4 heteroatoms. The molecule has 0 spiro atoms. The molecule has 0 amide bonds. The number of phenols is 1. The monoisotopic (exact) mass is 309 g/mol. The van der Waals surface area contributed by atoms with Gasteiger partial charge in [-0.2, -0.15) is 0 Å². The molecule has 2 nitrogen and oxygen atoms in total. The summed E-state index contributed by atoms with van der Waals surface area (Å²) >= 11 is 3.12. The van der Waals surface area contributed by atoms with E-state index in [2.05, 4.69) is 21.2 Å². The van der Waals surface area contributed by atoms with Crippen molar-refractivity contribution in [2.45, 2.75) is 13.1 Å². The lowest BCUT2D eigenvalue weighted by molar-refractivity contribution is 0.464. The van der Waals surface area contributed by atoms with Crippen LogP contribution in [0.5, 0.6) is 5.75 Å². The van der Waals surface area contributed by atoms with Gasteiger partial charge in [-0.1, -0.05) is 24.3 Å². The fourth-order valence-corrected chi connectivity index (χ4v) is 1.90. The average Bonchev–Trinajstić information content (AvgIpc) is 2.36. The predicted octanol–water partition coefficient (Wildman–Crippen LogP) is 3.58. The lowest BCUT2D eigenvalue weighted by Gasteiger charge is -2.07. The van der Waals surface area contributed by atoms with Gasteiger partial charge in [-0.05, 0) is 39.7 Å². The Morgan fingerprint density at radius 2 is 1.89 bits per heavy atom. The van der Waals surface area contributed by atoms with Crippen molar-refractivity contribution in [2.75, 3.05) is 0 Å². The summed E-state index contributed by atoms with van der Waals surface area (Å²) in [6.45, 7) is 1.10. The molecule has 0 atom stereocenters. The lowest BCUT2D eigenvalue weighted by atomic mass is 10.2. The second-order valence-electron chi connectivity index (χ2n) is 3.98. The van der Waals surface area contributed by atoms with E-state index in [1.807, 2.05) is 18.2 Å². The third kappa shape index (κ3) is 3.31. The first-order chi connectivity index (χ1) is 8.66. The Hall–Kier alpha value is -1.39. The molecule has 2 N–H and O–H groups in total. The van der Waals surface area contributed by atoms with Crippen LogP contribution in [-0.2, 0) is 13.1 Å². The van der Waals surface area contributed by atoms with Gasteiger partial charge in [0.1, 0.15) is 11.6 Å². The van der Waals surface area contributed by atoms with Crippen molar-refractivity contribution in [3.63, 3.8) is 0 Å². The van der Waals surface area contributed by atoms with Crippen LogP contribution in [0.2, 0.25) is 0 Å². The van der Waals surface area contributed by atoms with Crippen LogP contribution in [0.25, 0.3) is 0 Å². The average molecular weight is 310 g/mol. The molecule has 18 heavy (non-hydrogen) atoms. The van der Waals surface area contributed by atoms with Crippen LogP contribution in [0.1, 0.15) is 11.1 Å². The number of aromatic hydroxyl groups is 1. The highest BCUT2D eigenvalue weighted by Crippen LogP contribution is 2.17. The van der Waals surface area contributed by atoms with E-state index in [9.17, 15) is 9.50 Å². The Morgan fingerprint density at radius 1 is 1.11 bits per heavy atom. The Labute approximate surface area is 114 Å². The third-order valence-electron chi connectivity index (χ3n) is 2.62. The number of hydrogen-bond acceptors (Lipinski definition) is 2. The molecule has 0 bridgehead atoms. The summed E-state index contributed by atoms with van der Waals surface area (Å²) in [5.41, 5.74) is 1.70. The van der Waals surface area contributed by atoms with E-state index in [-0.39, 0.29) is 11.6 Å². The van der Waals surface area contributed by atoms with Crippen LogP contribution in [0.15, 0.2) is 46.9 Å². The molecule has 2 aromatic rings. The number of rotatable bonds is 4. The van der Waals surface area contributed by atoms with Gasteiger partial charge in [0.25, 0.3) is 0 Å². The van der Waals surface area contributed by atoms with Crippen LogP contribution in [-0.4, -0.2) is 5.11 Å². The highest BCUT2D eigenvalue weighted by molar-refractivity contribution is 9.10. The Kier molecular flexibility index (Phi) is 4.33. The van der Waals surface area contributed by atoms with Crippen LogP contribution in [0.3, 0.4) is 0 Å². The Morgan fingerprint density at radius 3 is 2.61 bits per heavy atom. The summed E-state index contributed by atoms with van der Waals surface area (Å²) in [4.78, 5) is 0. The van der Waals surface area contributed by atoms with Crippen LogP contribution >= 0.6 is 15.9 Å². The molecule has 0 aliphatic carbocycles. The number of benzene rings is 2. The van der Waals surface area contributed by atoms with Gasteiger partial charge >= 0.3 is 0 Å². The van der Waals surface area contributed by atoms with E-state index in [0.717, 1.165) is 11.1 Å². The first kappa shape index (κ1) is 13.1. The van der Waals surface area contributed by atoms with E-state index in [4.69, 9.17) is 0 Å². The molecule has 0 unspecified atom stereocenters. The molecule has 0 saturated heterocycles. The van der Waals surface area contributed by atoms with Gasteiger partial charge in [0.2, 0.25) is 0 Å². The molecule has 2 rings (SSSR count). The van der Waals surface area contributed by atoms with Crippen molar-refractivity contribution in [2.24, 2.45) is 0 Å². The normalized spacial score (nSPS) is 10.6. The van der Waals surface area contributed by atoms with Crippen LogP contribution in [0, 0.1) is 5.82 Å². The number of para-hydroxylation sites is 1. The minimum Gasteiger partial charge on any atom is -0.508 e. The molecule has 0 aliphatic rings. The van der Waals surface area contributed by atoms with Gasteiger partial charge in [0, 0.05) is 18.7 Å². The van der Waals surface area contributed by atoms with Crippen molar-refractivity contribution in [1.29, 1.82) is 0 Å². The maximum Gasteiger partial charge on any atom is 0.137 e. The summed E-state index contributed by atoms with van der Waals surface area (Å²) < 4.78 is 13.7. The first-order valence-corrected chi connectivity index (χ1v) is 6.37. The molecular weight excluding hydrogens is 297 g/mol. The summed E-state index contributed by atoms with van der Waals surface area (Å²) in [5, 5.41) is 12.7. The number of nitrogens with one attached hydrogen (secondary N) is 1.